The van der Waals surface area contributed by atoms with Crippen molar-refractivity contribution < 1.29 is 31.1 Å². The number of aromatic nitrogens is 3. The maximum atomic E-state index is 13.5. The van der Waals surface area contributed by atoms with E-state index in [4.69, 9.17) is 9.47 Å². The van der Waals surface area contributed by atoms with Gasteiger partial charge >= 0.3 is 6.18 Å². The third-order valence-electron chi connectivity index (χ3n) is 5.87. The van der Waals surface area contributed by atoms with Crippen molar-refractivity contribution >= 4 is 32.4 Å². The van der Waals surface area contributed by atoms with Gasteiger partial charge < -0.3 is 14.8 Å². The van der Waals surface area contributed by atoms with Gasteiger partial charge in [-0.15, -0.1) is 0 Å². The number of pyridine rings is 1. The molecule has 4 aromatic rings. The van der Waals surface area contributed by atoms with E-state index in [-0.39, 0.29) is 42.5 Å². The van der Waals surface area contributed by atoms with Crippen LogP contribution < -0.4 is 5.32 Å². The maximum Gasteiger partial charge on any atom is 0.418 e. The number of halogens is 3. The molecule has 2 aromatic carbocycles. The highest BCUT2D eigenvalue weighted by Crippen LogP contribution is 2.37. The molecule has 0 saturated carbocycles. The summed E-state index contributed by atoms with van der Waals surface area (Å²) in [5.41, 5.74) is 0.204. The van der Waals surface area contributed by atoms with Crippen LogP contribution in [0, 0.1) is 0 Å². The summed E-state index contributed by atoms with van der Waals surface area (Å²) in [5, 5.41) is 3.69. The summed E-state index contributed by atoms with van der Waals surface area (Å²) < 4.78 is 78.1. The number of rotatable bonds is 11. The first-order chi connectivity index (χ1) is 18.6. The molecule has 0 aliphatic carbocycles. The summed E-state index contributed by atoms with van der Waals surface area (Å²) in [6, 6.07) is 13.0. The van der Waals surface area contributed by atoms with Crippen LogP contribution in [-0.2, 0) is 25.7 Å². The summed E-state index contributed by atoms with van der Waals surface area (Å²) in [6.07, 6.45) is -1.96. The molecule has 0 aliphatic rings. The molecule has 39 heavy (non-hydrogen) atoms. The number of nitrogens with one attached hydrogen (secondary N) is 1. The predicted molar refractivity (Wildman–Crippen MR) is 140 cm³/mol. The number of sulfonamides is 1. The van der Waals surface area contributed by atoms with Crippen LogP contribution in [0.4, 0.5) is 24.7 Å². The minimum Gasteiger partial charge on any atom is -0.383 e. The molecule has 0 unspecified atom stereocenters. The van der Waals surface area contributed by atoms with Crippen LogP contribution in [0.1, 0.15) is 5.56 Å². The van der Waals surface area contributed by atoms with Crippen LogP contribution in [0.15, 0.2) is 72.0 Å². The lowest BCUT2D eigenvalue weighted by atomic mass is 10.0. The van der Waals surface area contributed by atoms with Crippen LogP contribution in [0.2, 0.25) is 0 Å². The molecule has 0 amide bonds. The third-order valence-corrected chi connectivity index (χ3v) is 7.78. The average Bonchev–Trinajstić information content (AvgIpc) is 2.92. The number of fused-ring (bicyclic) bond motifs is 1. The van der Waals surface area contributed by atoms with E-state index in [0.29, 0.717) is 22.4 Å². The van der Waals surface area contributed by atoms with Crippen molar-refractivity contribution in [1.82, 2.24) is 19.3 Å². The van der Waals surface area contributed by atoms with Gasteiger partial charge in [0.05, 0.1) is 34.9 Å². The Hall–Kier alpha value is -3.65. The Morgan fingerprint density at radius 1 is 0.923 bits per heavy atom. The van der Waals surface area contributed by atoms with E-state index < -0.39 is 21.8 Å². The molecule has 0 saturated heterocycles. The summed E-state index contributed by atoms with van der Waals surface area (Å²) in [5.74, 6) is 0.404. The normalized spacial score (nSPS) is 12.3. The third kappa shape index (κ3) is 6.50. The molecule has 0 fully saturated rings. The van der Waals surface area contributed by atoms with E-state index in [1.807, 2.05) is 0 Å². The first-order valence-corrected chi connectivity index (χ1v) is 13.2. The molecule has 9 nitrogen and oxygen atoms in total. The molecule has 0 bridgehead atoms. The summed E-state index contributed by atoms with van der Waals surface area (Å²) in [7, 11) is -0.786. The number of hydrogen-bond acceptors (Lipinski definition) is 8. The smallest absolute Gasteiger partial charge is 0.383 e. The van der Waals surface area contributed by atoms with Gasteiger partial charge in [0.15, 0.2) is 0 Å². The molecular weight excluding hydrogens is 535 g/mol. The van der Waals surface area contributed by atoms with Gasteiger partial charge in [0.25, 0.3) is 0 Å². The van der Waals surface area contributed by atoms with Gasteiger partial charge in [-0.2, -0.15) is 17.5 Å². The number of benzene rings is 2. The molecule has 206 valence electrons. The summed E-state index contributed by atoms with van der Waals surface area (Å²) in [6.45, 7) is 0.839. The van der Waals surface area contributed by atoms with Crippen molar-refractivity contribution in [3.05, 3.63) is 72.7 Å². The number of anilines is 2. The minimum absolute atomic E-state index is 0.105. The maximum absolute atomic E-state index is 13.5. The van der Waals surface area contributed by atoms with Crippen molar-refractivity contribution in [3.63, 3.8) is 0 Å². The second-order valence-electron chi connectivity index (χ2n) is 8.39. The highest BCUT2D eigenvalue weighted by molar-refractivity contribution is 7.89. The van der Waals surface area contributed by atoms with Crippen molar-refractivity contribution in [2.45, 2.75) is 11.1 Å². The van der Waals surface area contributed by atoms with E-state index in [0.717, 1.165) is 6.07 Å². The van der Waals surface area contributed by atoms with Crippen molar-refractivity contribution in [2.24, 2.45) is 0 Å². The number of alkyl halides is 3. The average molecular weight is 562 g/mol. The van der Waals surface area contributed by atoms with Crippen LogP contribution in [0.5, 0.6) is 0 Å². The zero-order valence-corrected chi connectivity index (χ0v) is 22.0. The van der Waals surface area contributed by atoms with Gasteiger partial charge in [0.1, 0.15) is 12.1 Å². The molecule has 0 aliphatic heterocycles. The molecule has 0 atom stereocenters. The van der Waals surface area contributed by atoms with Gasteiger partial charge in [0.2, 0.25) is 10.0 Å². The number of hydrogen-bond donors (Lipinski definition) is 1. The lowest BCUT2D eigenvalue weighted by Gasteiger charge is -2.21. The van der Waals surface area contributed by atoms with Crippen LogP contribution in [0.3, 0.4) is 0 Å². The van der Waals surface area contributed by atoms with E-state index in [2.05, 4.69) is 20.3 Å². The van der Waals surface area contributed by atoms with Gasteiger partial charge in [0, 0.05) is 50.1 Å². The number of nitrogens with zero attached hydrogens (tertiary/aromatic N) is 4. The highest BCUT2D eigenvalue weighted by atomic mass is 32.2. The summed E-state index contributed by atoms with van der Waals surface area (Å²) in [4.78, 5) is 12.5. The fourth-order valence-electron chi connectivity index (χ4n) is 3.90. The first kappa shape index (κ1) is 28.4. The molecule has 13 heteroatoms. The predicted octanol–water partition coefficient (Wildman–Crippen LogP) is 4.74. The fourth-order valence-corrected chi connectivity index (χ4v) is 5.31. The van der Waals surface area contributed by atoms with E-state index in [1.165, 1.54) is 61.4 Å². The van der Waals surface area contributed by atoms with E-state index >= 15 is 0 Å². The SMILES string of the molecule is COCCN(CCOC)S(=O)(=O)c1ccc(Nc2ncnc3cc(-c4ncccc4C(F)(F)F)ccc23)cc1. The van der Waals surface area contributed by atoms with Crippen molar-refractivity contribution in [3.8, 4) is 11.3 Å². The second-order valence-corrected chi connectivity index (χ2v) is 10.3. The van der Waals surface area contributed by atoms with Crippen molar-refractivity contribution in [1.29, 1.82) is 0 Å². The van der Waals surface area contributed by atoms with Gasteiger partial charge in [-0.25, -0.2) is 18.4 Å². The fraction of sp³-hybridized carbons (Fsp3) is 0.269. The Balaban J connectivity index is 1.59. The lowest BCUT2D eigenvalue weighted by molar-refractivity contribution is -0.137. The molecule has 2 aromatic heterocycles. The minimum atomic E-state index is -4.55. The Morgan fingerprint density at radius 2 is 1.62 bits per heavy atom. The zero-order valence-electron chi connectivity index (χ0n) is 21.1. The quantitative estimate of drug-likeness (QED) is 0.280. The summed E-state index contributed by atoms with van der Waals surface area (Å²) >= 11 is 0. The zero-order chi connectivity index (χ0) is 28.0. The van der Waals surface area contributed by atoms with Gasteiger partial charge in [-0.05, 0) is 48.5 Å². The van der Waals surface area contributed by atoms with E-state index in [1.54, 1.807) is 18.2 Å². The topological polar surface area (TPSA) is 107 Å². The van der Waals surface area contributed by atoms with Crippen molar-refractivity contribution in [2.75, 3.05) is 45.8 Å². The van der Waals surface area contributed by atoms with Gasteiger partial charge in [-0.1, -0.05) is 6.07 Å². The molecule has 2 heterocycles. The van der Waals surface area contributed by atoms with Crippen LogP contribution in [0.25, 0.3) is 22.2 Å². The lowest BCUT2D eigenvalue weighted by Crippen LogP contribution is -2.36. The highest BCUT2D eigenvalue weighted by Gasteiger charge is 2.34. The standard InChI is InChI=1S/C26H26F3N5O4S/c1-37-14-12-34(13-15-38-2)39(35,36)20-8-6-19(7-9-20)33-25-21-10-5-18(16-23(21)31-17-32-25)24-22(26(27,28)29)4-3-11-30-24/h3-11,16-17H,12-15H2,1-2H3,(H,31,32,33). The second kappa shape index (κ2) is 12.0. The van der Waals surface area contributed by atoms with Crippen LogP contribution >= 0.6 is 0 Å². The number of ether oxygens (including phenoxy) is 2. The Kier molecular flexibility index (Phi) is 8.75. The number of methoxy groups -OCH3 is 2. The van der Waals surface area contributed by atoms with Gasteiger partial charge in [-0.3, -0.25) is 4.98 Å². The molecule has 0 radical (unpaired) electrons. The molecule has 1 N–H and O–H groups in total. The monoisotopic (exact) mass is 561 g/mol. The first-order valence-electron chi connectivity index (χ1n) is 11.8. The molecule has 0 spiro atoms. The molecule has 4 rings (SSSR count). The largest absolute Gasteiger partial charge is 0.418 e. The molecular formula is C26H26F3N5O4S. The van der Waals surface area contributed by atoms with E-state index in [9.17, 15) is 21.6 Å². The Morgan fingerprint density at radius 3 is 2.26 bits per heavy atom. The Labute approximate surface area is 223 Å². The Bertz CT molecular complexity index is 1530. The van der Waals surface area contributed by atoms with Crippen LogP contribution in [-0.4, -0.2) is 68.2 Å².